The highest BCUT2D eigenvalue weighted by Crippen LogP contribution is 2.27. The molecule has 2 heteroatoms. The molecular formula is C22H26O2. The van der Waals surface area contributed by atoms with Crippen molar-refractivity contribution in [3.05, 3.63) is 58.7 Å². The quantitative estimate of drug-likeness (QED) is 0.723. The number of hydrogen-bond donors (Lipinski definition) is 0. The first-order valence-electron chi connectivity index (χ1n) is 8.82. The second kappa shape index (κ2) is 8.05. The molecular weight excluding hydrogens is 296 g/mol. The third-order valence-electron chi connectivity index (χ3n) is 4.71. The van der Waals surface area contributed by atoms with Gasteiger partial charge in [0.05, 0.1) is 14.2 Å². The predicted octanol–water partition coefficient (Wildman–Crippen LogP) is 5.53. The monoisotopic (exact) mass is 322 g/mol. The van der Waals surface area contributed by atoms with Crippen molar-refractivity contribution in [3.8, 4) is 11.5 Å². The molecule has 0 atom stereocenters. The van der Waals surface area contributed by atoms with E-state index >= 15 is 0 Å². The van der Waals surface area contributed by atoms with Crippen LogP contribution in [-0.4, -0.2) is 14.2 Å². The molecule has 1 aliphatic rings. The second-order valence-electron chi connectivity index (χ2n) is 6.40. The van der Waals surface area contributed by atoms with E-state index in [-0.39, 0.29) is 0 Å². The lowest BCUT2D eigenvalue weighted by Gasteiger charge is -2.11. The van der Waals surface area contributed by atoms with Gasteiger partial charge in [-0.15, -0.1) is 0 Å². The third-order valence-corrected chi connectivity index (χ3v) is 4.71. The summed E-state index contributed by atoms with van der Waals surface area (Å²) >= 11 is 0. The number of aryl methyl sites for hydroxylation is 2. The van der Waals surface area contributed by atoms with Gasteiger partial charge in [0.2, 0.25) is 0 Å². The van der Waals surface area contributed by atoms with Gasteiger partial charge in [0.25, 0.3) is 0 Å². The Morgan fingerprint density at radius 1 is 0.625 bits per heavy atom. The molecule has 2 nitrogen and oxygen atoms in total. The summed E-state index contributed by atoms with van der Waals surface area (Å²) in [6, 6.07) is 13.0. The van der Waals surface area contributed by atoms with E-state index in [0.29, 0.717) is 0 Å². The highest BCUT2D eigenvalue weighted by Gasteiger charge is 2.06. The summed E-state index contributed by atoms with van der Waals surface area (Å²) in [5.41, 5.74) is 5.01. The van der Waals surface area contributed by atoms with E-state index < -0.39 is 0 Å². The largest absolute Gasteiger partial charge is 0.496 e. The van der Waals surface area contributed by atoms with Crippen LogP contribution in [0.25, 0.3) is 12.2 Å². The summed E-state index contributed by atoms with van der Waals surface area (Å²) < 4.78 is 11.0. The van der Waals surface area contributed by atoms with Crippen molar-refractivity contribution in [1.82, 2.24) is 0 Å². The lowest BCUT2D eigenvalue weighted by atomic mass is 9.98. The van der Waals surface area contributed by atoms with Gasteiger partial charge in [-0.2, -0.15) is 0 Å². The Balaban J connectivity index is 2.02. The maximum absolute atomic E-state index is 5.52. The topological polar surface area (TPSA) is 18.5 Å². The molecule has 0 amide bonds. The number of benzene rings is 2. The second-order valence-corrected chi connectivity index (χ2v) is 6.40. The van der Waals surface area contributed by atoms with Gasteiger partial charge in [-0.25, -0.2) is 0 Å². The van der Waals surface area contributed by atoms with E-state index in [1.165, 1.54) is 36.8 Å². The van der Waals surface area contributed by atoms with Gasteiger partial charge in [0.1, 0.15) is 11.5 Å². The number of methoxy groups -OCH3 is 2. The van der Waals surface area contributed by atoms with E-state index in [0.717, 1.165) is 35.5 Å². The average molecular weight is 322 g/mol. The van der Waals surface area contributed by atoms with E-state index in [4.69, 9.17) is 9.47 Å². The van der Waals surface area contributed by atoms with Gasteiger partial charge < -0.3 is 9.47 Å². The van der Waals surface area contributed by atoms with Crippen LogP contribution in [-0.2, 0) is 12.8 Å². The number of hydrogen-bond acceptors (Lipinski definition) is 2. The molecule has 126 valence electrons. The first-order valence-corrected chi connectivity index (χ1v) is 8.82. The van der Waals surface area contributed by atoms with Crippen LogP contribution in [0.3, 0.4) is 0 Å². The van der Waals surface area contributed by atoms with Gasteiger partial charge in [-0.1, -0.05) is 37.1 Å². The van der Waals surface area contributed by atoms with Gasteiger partial charge in [-0.3, -0.25) is 0 Å². The minimum atomic E-state index is 0.914. The fourth-order valence-electron chi connectivity index (χ4n) is 3.33. The Bertz CT molecular complexity index is 654. The van der Waals surface area contributed by atoms with Crippen molar-refractivity contribution in [2.75, 3.05) is 14.2 Å². The molecule has 0 saturated heterocycles. The van der Waals surface area contributed by atoms with E-state index in [1.54, 1.807) is 14.2 Å². The summed E-state index contributed by atoms with van der Waals surface area (Å²) in [6.07, 6.45) is 11.6. The highest BCUT2D eigenvalue weighted by atomic mass is 16.5. The molecule has 0 radical (unpaired) electrons. The summed E-state index contributed by atoms with van der Waals surface area (Å²) in [7, 11) is 3.46. The van der Waals surface area contributed by atoms with Crippen LogP contribution in [0.5, 0.6) is 11.5 Å². The van der Waals surface area contributed by atoms with Crippen LogP contribution < -0.4 is 9.47 Å². The van der Waals surface area contributed by atoms with Crippen molar-refractivity contribution >= 4 is 12.2 Å². The number of ether oxygens (including phenoxy) is 2. The van der Waals surface area contributed by atoms with Crippen molar-refractivity contribution in [3.63, 3.8) is 0 Å². The van der Waals surface area contributed by atoms with Gasteiger partial charge in [0.15, 0.2) is 0 Å². The first kappa shape index (κ1) is 16.6. The minimum absolute atomic E-state index is 0.914. The maximum atomic E-state index is 5.52. The first-order chi connectivity index (χ1) is 11.8. The Labute approximate surface area is 145 Å². The summed E-state index contributed by atoms with van der Waals surface area (Å²) in [6.45, 7) is 0. The van der Waals surface area contributed by atoms with Crippen molar-refractivity contribution < 1.29 is 9.47 Å². The van der Waals surface area contributed by atoms with Crippen LogP contribution in [0.1, 0.15) is 47.9 Å². The Morgan fingerprint density at radius 3 is 1.50 bits per heavy atom. The zero-order valence-electron chi connectivity index (χ0n) is 14.7. The van der Waals surface area contributed by atoms with Crippen molar-refractivity contribution in [1.29, 1.82) is 0 Å². The normalized spacial score (nSPS) is 16.1. The predicted molar refractivity (Wildman–Crippen MR) is 101 cm³/mol. The molecule has 4 bridgehead atoms. The molecule has 0 heterocycles. The van der Waals surface area contributed by atoms with Crippen LogP contribution in [0, 0.1) is 0 Å². The number of rotatable bonds is 2. The molecule has 0 fully saturated rings. The zero-order chi connectivity index (χ0) is 16.8. The van der Waals surface area contributed by atoms with Gasteiger partial charge in [0, 0.05) is 11.1 Å². The Morgan fingerprint density at radius 2 is 1.08 bits per heavy atom. The molecule has 0 aliphatic heterocycles. The van der Waals surface area contributed by atoms with Gasteiger partial charge >= 0.3 is 0 Å². The summed E-state index contributed by atoms with van der Waals surface area (Å²) in [5, 5.41) is 0. The highest BCUT2D eigenvalue weighted by molar-refractivity contribution is 5.75. The van der Waals surface area contributed by atoms with Crippen molar-refractivity contribution in [2.24, 2.45) is 0 Å². The third kappa shape index (κ3) is 4.00. The summed E-state index contributed by atoms with van der Waals surface area (Å²) in [4.78, 5) is 0. The Hall–Kier alpha value is -2.22. The molecule has 0 unspecified atom stereocenters. The molecule has 0 aromatic heterocycles. The summed E-state index contributed by atoms with van der Waals surface area (Å²) in [5.74, 6) is 1.83. The van der Waals surface area contributed by atoms with Crippen molar-refractivity contribution in [2.45, 2.75) is 38.5 Å². The van der Waals surface area contributed by atoms with Crippen LogP contribution in [0.2, 0.25) is 0 Å². The maximum Gasteiger partial charge on any atom is 0.126 e. The smallest absolute Gasteiger partial charge is 0.126 e. The molecule has 24 heavy (non-hydrogen) atoms. The molecule has 1 aliphatic carbocycles. The van der Waals surface area contributed by atoms with Crippen LogP contribution in [0.4, 0.5) is 0 Å². The van der Waals surface area contributed by atoms with Crippen LogP contribution in [0.15, 0.2) is 36.4 Å². The minimum Gasteiger partial charge on any atom is -0.496 e. The molecule has 0 saturated carbocycles. The molecule has 3 rings (SSSR count). The molecule has 2 aromatic carbocycles. The van der Waals surface area contributed by atoms with E-state index in [2.05, 4.69) is 48.6 Å². The van der Waals surface area contributed by atoms with Gasteiger partial charge in [-0.05, 0) is 61.1 Å². The lowest BCUT2D eigenvalue weighted by Crippen LogP contribution is -1.94. The average Bonchev–Trinajstić information content (AvgIpc) is 2.62. The fourth-order valence-corrected chi connectivity index (χ4v) is 3.33. The van der Waals surface area contributed by atoms with E-state index in [9.17, 15) is 0 Å². The SMILES string of the molecule is COc1ccc2cc1/C=C\c1cc(ccc1OC)CCCCCC2. The Kier molecular flexibility index (Phi) is 5.58. The van der Waals surface area contributed by atoms with Crippen LogP contribution >= 0.6 is 0 Å². The standard InChI is InChI=1S/C22H26O2/c1-23-21-13-9-17-7-5-3-4-6-8-18-10-14-22(24-2)20(16-18)12-11-19(21)15-17/h9-16H,3-8H2,1-2H3/b12-11-. The zero-order valence-corrected chi connectivity index (χ0v) is 14.7. The molecule has 0 N–H and O–H groups in total. The fraction of sp³-hybridized carbons (Fsp3) is 0.364. The van der Waals surface area contributed by atoms with E-state index in [1.807, 2.05) is 0 Å². The lowest BCUT2D eigenvalue weighted by molar-refractivity contribution is 0.413. The molecule has 2 aromatic rings. The number of fused-ring (bicyclic) bond motifs is 4. The molecule has 0 spiro atoms.